The van der Waals surface area contributed by atoms with E-state index in [0.717, 1.165) is 16.7 Å². The highest BCUT2D eigenvalue weighted by Gasteiger charge is 2.45. The SMILES string of the molecule is O=C1OC[C@H](O)[C@@H](OCc2ccccc2)[C@@H](OCc2ccccc2)[C@@H]1OCc1ccccc1. The van der Waals surface area contributed by atoms with Gasteiger partial charge in [0, 0.05) is 0 Å². The van der Waals surface area contributed by atoms with E-state index in [4.69, 9.17) is 18.9 Å². The molecule has 0 saturated carbocycles. The van der Waals surface area contributed by atoms with E-state index in [9.17, 15) is 9.90 Å². The quantitative estimate of drug-likeness (QED) is 0.504. The standard InChI is InChI=1S/C27H28O6/c28-23-19-33-27(29)26(32-18-22-14-8-3-9-15-22)25(31-17-21-12-6-2-7-13-21)24(23)30-16-20-10-4-1-5-11-20/h1-15,23-26,28H,16-19H2/t23-,24+,25+,26-/m0/s1. The van der Waals surface area contributed by atoms with Crippen molar-refractivity contribution < 1.29 is 28.8 Å². The molecule has 172 valence electrons. The van der Waals surface area contributed by atoms with Gasteiger partial charge >= 0.3 is 5.97 Å². The van der Waals surface area contributed by atoms with Crippen LogP contribution in [-0.4, -0.2) is 42.1 Å². The van der Waals surface area contributed by atoms with Gasteiger partial charge in [0.1, 0.15) is 24.9 Å². The Kier molecular flexibility index (Phi) is 8.22. The number of carbonyl (C=O) groups is 1. The zero-order valence-corrected chi connectivity index (χ0v) is 18.3. The molecule has 6 heteroatoms. The van der Waals surface area contributed by atoms with Crippen molar-refractivity contribution in [3.8, 4) is 0 Å². The van der Waals surface area contributed by atoms with E-state index in [1.807, 2.05) is 91.0 Å². The van der Waals surface area contributed by atoms with Gasteiger partial charge in [0.15, 0.2) is 6.10 Å². The first-order chi connectivity index (χ1) is 16.2. The molecule has 0 aromatic heterocycles. The highest BCUT2D eigenvalue weighted by Crippen LogP contribution is 2.24. The molecule has 3 aromatic carbocycles. The van der Waals surface area contributed by atoms with Crippen LogP contribution in [0, 0.1) is 0 Å². The number of hydrogen-bond acceptors (Lipinski definition) is 6. The molecule has 0 amide bonds. The normalized spacial score (nSPS) is 23.0. The summed E-state index contributed by atoms with van der Waals surface area (Å²) in [7, 11) is 0. The maximum absolute atomic E-state index is 12.8. The highest BCUT2D eigenvalue weighted by molar-refractivity contribution is 5.76. The van der Waals surface area contributed by atoms with Gasteiger partial charge in [-0.25, -0.2) is 4.79 Å². The molecule has 0 unspecified atom stereocenters. The molecular formula is C27H28O6. The van der Waals surface area contributed by atoms with E-state index in [1.54, 1.807) is 0 Å². The number of cyclic esters (lactones) is 1. The minimum atomic E-state index is -1.05. The maximum Gasteiger partial charge on any atom is 0.338 e. The second-order valence-corrected chi connectivity index (χ2v) is 7.94. The number of carbonyl (C=O) groups excluding carboxylic acids is 1. The number of hydrogen-bond donors (Lipinski definition) is 1. The van der Waals surface area contributed by atoms with Gasteiger partial charge in [-0.3, -0.25) is 0 Å². The molecule has 1 saturated heterocycles. The minimum Gasteiger partial charge on any atom is -0.461 e. The van der Waals surface area contributed by atoms with E-state index in [1.165, 1.54) is 0 Å². The molecule has 0 bridgehead atoms. The lowest BCUT2D eigenvalue weighted by atomic mass is 10.0. The smallest absolute Gasteiger partial charge is 0.338 e. The first-order valence-corrected chi connectivity index (χ1v) is 11.0. The number of aliphatic hydroxyl groups excluding tert-OH is 1. The van der Waals surface area contributed by atoms with Crippen molar-refractivity contribution in [2.75, 3.05) is 6.61 Å². The van der Waals surface area contributed by atoms with E-state index in [0.29, 0.717) is 0 Å². The number of benzene rings is 3. The predicted molar refractivity (Wildman–Crippen MR) is 122 cm³/mol. The molecular weight excluding hydrogens is 420 g/mol. The molecule has 33 heavy (non-hydrogen) atoms. The van der Waals surface area contributed by atoms with Gasteiger partial charge in [-0.15, -0.1) is 0 Å². The molecule has 1 fully saturated rings. The van der Waals surface area contributed by atoms with Crippen molar-refractivity contribution in [1.82, 2.24) is 0 Å². The molecule has 0 aliphatic carbocycles. The van der Waals surface area contributed by atoms with Crippen LogP contribution < -0.4 is 0 Å². The predicted octanol–water partition coefficient (Wildman–Crippen LogP) is 3.66. The van der Waals surface area contributed by atoms with Gasteiger partial charge in [0.2, 0.25) is 0 Å². The van der Waals surface area contributed by atoms with Crippen molar-refractivity contribution in [3.05, 3.63) is 108 Å². The summed E-state index contributed by atoms with van der Waals surface area (Å²) in [6.07, 6.45) is -3.78. The van der Waals surface area contributed by atoms with Crippen LogP contribution in [0.2, 0.25) is 0 Å². The van der Waals surface area contributed by atoms with Crippen LogP contribution in [0.3, 0.4) is 0 Å². The lowest BCUT2D eigenvalue weighted by Crippen LogP contribution is -2.49. The summed E-state index contributed by atoms with van der Waals surface area (Å²) >= 11 is 0. The van der Waals surface area contributed by atoms with Gasteiger partial charge < -0.3 is 24.1 Å². The third-order valence-corrected chi connectivity index (χ3v) is 5.47. The summed E-state index contributed by atoms with van der Waals surface area (Å²) in [5.74, 6) is -0.575. The number of aliphatic hydroxyl groups is 1. The van der Waals surface area contributed by atoms with Crippen LogP contribution in [0.15, 0.2) is 91.0 Å². The fourth-order valence-corrected chi connectivity index (χ4v) is 3.71. The average Bonchev–Trinajstić information content (AvgIpc) is 2.98. The molecule has 1 N–H and O–H groups in total. The number of ether oxygens (including phenoxy) is 4. The monoisotopic (exact) mass is 448 g/mol. The highest BCUT2D eigenvalue weighted by atomic mass is 16.6. The molecule has 3 aromatic rings. The first-order valence-electron chi connectivity index (χ1n) is 11.0. The molecule has 4 rings (SSSR count). The van der Waals surface area contributed by atoms with Crippen LogP contribution in [-0.2, 0) is 43.6 Å². The number of esters is 1. The Morgan fingerprint density at radius 3 is 1.58 bits per heavy atom. The van der Waals surface area contributed by atoms with Crippen molar-refractivity contribution in [2.24, 2.45) is 0 Å². The van der Waals surface area contributed by atoms with Gasteiger partial charge in [-0.1, -0.05) is 91.0 Å². The summed E-state index contributed by atoms with van der Waals surface area (Å²) in [5.41, 5.74) is 2.80. The Morgan fingerprint density at radius 2 is 1.09 bits per heavy atom. The van der Waals surface area contributed by atoms with E-state index >= 15 is 0 Å². The maximum atomic E-state index is 12.8. The Hall–Kier alpha value is -3.03. The van der Waals surface area contributed by atoms with Crippen LogP contribution in [0.5, 0.6) is 0 Å². The third kappa shape index (κ3) is 6.49. The Labute approximate surface area is 193 Å². The summed E-state index contributed by atoms with van der Waals surface area (Å²) in [6.45, 7) is 0.511. The van der Waals surface area contributed by atoms with Crippen LogP contribution in [0.4, 0.5) is 0 Å². The van der Waals surface area contributed by atoms with E-state index < -0.39 is 30.4 Å². The number of rotatable bonds is 9. The molecule has 0 spiro atoms. The Bertz CT molecular complexity index is 979. The second kappa shape index (κ2) is 11.7. The second-order valence-electron chi connectivity index (χ2n) is 7.94. The Balaban J connectivity index is 1.55. The molecule has 1 aliphatic heterocycles. The Morgan fingerprint density at radius 1 is 0.667 bits per heavy atom. The van der Waals surface area contributed by atoms with Crippen molar-refractivity contribution in [1.29, 1.82) is 0 Å². The molecule has 4 atom stereocenters. The molecule has 1 heterocycles. The van der Waals surface area contributed by atoms with Crippen LogP contribution >= 0.6 is 0 Å². The first kappa shape index (κ1) is 23.1. The molecule has 0 radical (unpaired) electrons. The zero-order valence-electron chi connectivity index (χ0n) is 18.3. The van der Waals surface area contributed by atoms with Crippen molar-refractivity contribution >= 4 is 5.97 Å². The summed E-state index contributed by atoms with van der Waals surface area (Å²) < 4.78 is 23.6. The van der Waals surface area contributed by atoms with Gasteiger partial charge in [-0.05, 0) is 16.7 Å². The topological polar surface area (TPSA) is 74.2 Å². The summed E-state index contributed by atoms with van der Waals surface area (Å²) in [4.78, 5) is 12.8. The third-order valence-electron chi connectivity index (χ3n) is 5.47. The summed E-state index contributed by atoms with van der Waals surface area (Å²) in [6, 6.07) is 28.8. The fourth-order valence-electron chi connectivity index (χ4n) is 3.71. The van der Waals surface area contributed by atoms with Gasteiger partial charge in [-0.2, -0.15) is 0 Å². The van der Waals surface area contributed by atoms with Crippen molar-refractivity contribution in [3.63, 3.8) is 0 Å². The van der Waals surface area contributed by atoms with Crippen LogP contribution in [0.25, 0.3) is 0 Å². The summed E-state index contributed by atoms with van der Waals surface area (Å²) in [5, 5.41) is 10.8. The van der Waals surface area contributed by atoms with E-state index in [2.05, 4.69) is 0 Å². The molecule has 1 aliphatic rings. The minimum absolute atomic E-state index is 0.186. The van der Waals surface area contributed by atoms with Crippen molar-refractivity contribution in [2.45, 2.75) is 44.2 Å². The van der Waals surface area contributed by atoms with E-state index in [-0.39, 0.29) is 26.4 Å². The fraction of sp³-hybridized carbons (Fsp3) is 0.296. The average molecular weight is 449 g/mol. The zero-order chi connectivity index (χ0) is 22.9. The van der Waals surface area contributed by atoms with Gasteiger partial charge in [0.05, 0.1) is 19.8 Å². The van der Waals surface area contributed by atoms with Gasteiger partial charge in [0.25, 0.3) is 0 Å². The largest absolute Gasteiger partial charge is 0.461 e. The lowest BCUT2D eigenvalue weighted by Gasteiger charge is -2.31. The molecule has 6 nitrogen and oxygen atoms in total. The lowest BCUT2D eigenvalue weighted by molar-refractivity contribution is -0.180. The van der Waals surface area contributed by atoms with Crippen LogP contribution in [0.1, 0.15) is 16.7 Å².